The lowest BCUT2D eigenvalue weighted by Gasteiger charge is -2.21. The smallest absolute Gasteiger partial charge is 0.184 e. The van der Waals surface area contributed by atoms with Gasteiger partial charge in [0, 0.05) is 6.04 Å². The van der Waals surface area contributed by atoms with Gasteiger partial charge in [-0.15, -0.1) is 0 Å². The Kier molecular flexibility index (Phi) is 4.98. The molecule has 0 spiro atoms. The van der Waals surface area contributed by atoms with Gasteiger partial charge in [-0.25, -0.2) is 8.42 Å². The van der Waals surface area contributed by atoms with E-state index in [1.165, 1.54) is 0 Å². The summed E-state index contributed by atoms with van der Waals surface area (Å²) in [6.45, 7) is 7.87. The molecule has 3 N–H and O–H groups in total. The van der Waals surface area contributed by atoms with Gasteiger partial charge in [0.2, 0.25) is 0 Å². The Labute approximate surface area is 113 Å². The first-order valence-corrected chi connectivity index (χ1v) is 8.50. The largest absolute Gasteiger partial charge is 0.382 e. The van der Waals surface area contributed by atoms with Crippen molar-refractivity contribution in [1.82, 2.24) is 4.37 Å². The van der Waals surface area contributed by atoms with Gasteiger partial charge in [0.25, 0.3) is 0 Å². The van der Waals surface area contributed by atoms with Gasteiger partial charge in [-0.2, -0.15) is 4.37 Å². The molecule has 7 heteroatoms. The van der Waals surface area contributed by atoms with Crippen LogP contribution in [0, 0.1) is 5.92 Å². The van der Waals surface area contributed by atoms with Crippen LogP contribution in [0.1, 0.15) is 34.1 Å². The minimum Gasteiger partial charge on any atom is -0.382 e. The van der Waals surface area contributed by atoms with Crippen LogP contribution >= 0.6 is 11.5 Å². The molecule has 18 heavy (non-hydrogen) atoms. The summed E-state index contributed by atoms with van der Waals surface area (Å²) in [6, 6.07) is 0.218. The Hall–Kier alpha value is -0.820. The van der Waals surface area contributed by atoms with Gasteiger partial charge in [0.1, 0.15) is 9.90 Å². The second kappa shape index (κ2) is 5.88. The van der Waals surface area contributed by atoms with Crippen LogP contribution in [-0.2, 0) is 9.84 Å². The summed E-state index contributed by atoms with van der Waals surface area (Å²) >= 11 is 1.11. The van der Waals surface area contributed by atoms with Crippen LogP contribution in [0.25, 0.3) is 0 Å². The highest BCUT2D eigenvalue weighted by Gasteiger charge is 2.25. The number of hydrogen-bond donors (Lipinski definition) is 2. The summed E-state index contributed by atoms with van der Waals surface area (Å²) in [5.74, 6) is 0.543. The first kappa shape index (κ1) is 15.2. The predicted octanol–water partition coefficient (Wildman–Crippen LogP) is 2.37. The Morgan fingerprint density at radius 2 is 2.00 bits per heavy atom. The van der Waals surface area contributed by atoms with Gasteiger partial charge in [-0.3, -0.25) is 0 Å². The van der Waals surface area contributed by atoms with E-state index >= 15 is 0 Å². The standard InChI is InChI=1S/C11H21N3O2S2/c1-5-8(7(3)4)13-11-9(10(12)14-17-11)18(15,16)6-2/h7-8,13H,5-6H2,1-4H3,(H2,12,14). The minimum atomic E-state index is -3.34. The molecule has 0 aliphatic rings. The molecule has 1 heterocycles. The monoisotopic (exact) mass is 291 g/mol. The van der Waals surface area contributed by atoms with Crippen molar-refractivity contribution in [2.24, 2.45) is 5.92 Å². The Morgan fingerprint density at radius 3 is 2.44 bits per heavy atom. The van der Waals surface area contributed by atoms with E-state index in [2.05, 4.69) is 30.5 Å². The molecule has 1 rings (SSSR count). The maximum Gasteiger partial charge on any atom is 0.184 e. The summed E-state index contributed by atoms with van der Waals surface area (Å²) in [5, 5.41) is 3.82. The lowest BCUT2D eigenvalue weighted by atomic mass is 10.0. The van der Waals surface area contributed by atoms with Crippen LogP contribution in [0.2, 0.25) is 0 Å². The van der Waals surface area contributed by atoms with E-state index in [1.807, 2.05) is 0 Å². The number of nitrogens with zero attached hydrogens (tertiary/aromatic N) is 1. The van der Waals surface area contributed by atoms with Crippen LogP contribution in [0.15, 0.2) is 4.90 Å². The molecule has 5 nitrogen and oxygen atoms in total. The first-order chi connectivity index (χ1) is 8.33. The number of rotatable bonds is 6. The molecule has 1 atom stereocenters. The van der Waals surface area contributed by atoms with E-state index in [9.17, 15) is 8.42 Å². The molecule has 0 radical (unpaired) electrons. The Bertz CT molecular complexity index is 494. The van der Waals surface area contributed by atoms with Gasteiger partial charge in [-0.05, 0) is 23.9 Å². The average Bonchev–Trinajstić information content (AvgIpc) is 2.67. The molecule has 0 bridgehead atoms. The van der Waals surface area contributed by atoms with Crippen LogP contribution in [0.4, 0.5) is 10.8 Å². The number of nitrogen functional groups attached to an aromatic ring is 1. The van der Waals surface area contributed by atoms with Crippen molar-refractivity contribution < 1.29 is 8.42 Å². The van der Waals surface area contributed by atoms with Crippen molar-refractivity contribution >= 4 is 32.2 Å². The lowest BCUT2D eigenvalue weighted by Crippen LogP contribution is -2.25. The zero-order valence-electron chi connectivity index (χ0n) is 11.2. The van der Waals surface area contributed by atoms with E-state index in [4.69, 9.17) is 5.73 Å². The Balaban J connectivity index is 3.12. The van der Waals surface area contributed by atoms with Crippen LogP contribution < -0.4 is 11.1 Å². The van der Waals surface area contributed by atoms with E-state index in [0.717, 1.165) is 18.0 Å². The summed E-state index contributed by atoms with van der Waals surface area (Å²) in [5.41, 5.74) is 5.68. The van der Waals surface area contributed by atoms with Crippen molar-refractivity contribution in [3.05, 3.63) is 0 Å². The third-order valence-corrected chi connectivity index (χ3v) is 5.64. The normalized spacial score (nSPS) is 13.8. The second-order valence-corrected chi connectivity index (χ2v) is 7.52. The van der Waals surface area contributed by atoms with Crippen molar-refractivity contribution in [3.8, 4) is 0 Å². The number of sulfone groups is 1. The highest BCUT2D eigenvalue weighted by molar-refractivity contribution is 7.91. The molecule has 0 fully saturated rings. The Morgan fingerprint density at radius 1 is 1.39 bits per heavy atom. The van der Waals surface area contributed by atoms with Gasteiger partial charge in [-0.1, -0.05) is 27.7 Å². The fourth-order valence-electron chi connectivity index (χ4n) is 1.74. The first-order valence-electron chi connectivity index (χ1n) is 6.07. The van der Waals surface area contributed by atoms with Crippen LogP contribution in [0.5, 0.6) is 0 Å². The van der Waals surface area contributed by atoms with Crippen LogP contribution in [-0.4, -0.2) is 24.6 Å². The minimum absolute atomic E-state index is 0.0305. The highest BCUT2D eigenvalue weighted by Crippen LogP contribution is 2.33. The average molecular weight is 291 g/mol. The van der Waals surface area contributed by atoms with E-state index in [0.29, 0.717) is 10.9 Å². The summed E-state index contributed by atoms with van der Waals surface area (Å²) in [4.78, 5) is 0.161. The molecule has 0 saturated carbocycles. The molecule has 0 saturated heterocycles. The quantitative estimate of drug-likeness (QED) is 0.840. The number of hydrogen-bond acceptors (Lipinski definition) is 6. The molecule has 0 amide bonds. The van der Waals surface area contributed by atoms with Gasteiger partial charge >= 0.3 is 0 Å². The van der Waals surface area contributed by atoms with E-state index in [1.54, 1.807) is 6.92 Å². The molecular weight excluding hydrogens is 270 g/mol. The molecule has 0 aliphatic carbocycles. The molecule has 104 valence electrons. The number of aromatic nitrogens is 1. The zero-order valence-corrected chi connectivity index (χ0v) is 12.9. The van der Waals surface area contributed by atoms with E-state index in [-0.39, 0.29) is 22.5 Å². The molecule has 1 aromatic rings. The second-order valence-electron chi connectivity index (χ2n) is 4.53. The maximum absolute atomic E-state index is 12.0. The summed E-state index contributed by atoms with van der Waals surface area (Å²) < 4.78 is 27.9. The fourth-order valence-corrected chi connectivity index (χ4v) is 3.96. The molecule has 0 aliphatic heterocycles. The van der Waals surface area contributed by atoms with E-state index < -0.39 is 9.84 Å². The van der Waals surface area contributed by atoms with Crippen molar-refractivity contribution in [1.29, 1.82) is 0 Å². The fraction of sp³-hybridized carbons (Fsp3) is 0.727. The third kappa shape index (κ3) is 3.14. The van der Waals surface area contributed by atoms with Crippen molar-refractivity contribution in [2.75, 3.05) is 16.8 Å². The van der Waals surface area contributed by atoms with Gasteiger partial charge in [0.05, 0.1) is 5.75 Å². The lowest BCUT2D eigenvalue weighted by molar-refractivity contribution is 0.511. The number of nitrogens with two attached hydrogens (primary N) is 1. The summed E-state index contributed by atoms with van der Waals surface area (Å²) in [6.07, 6.45) is 0.918. The van der Waals surface area contributed by atoms with Gasteiger partial charge in [0.15, 0.2) is 15.7 Å². The number of nitrogens with one attached hydrogen (secondary N) is 1. The predicted molar refractivity (Wildman–Crippen MR) is 76.8 cm³/mol. The van der Waals surface area contributed by atoms with Crippen molar-refractivity contribution in [2.45, 2.75) is 45.1 Å². The summed E-state index contributed by atoms with van der Waals surface area (Å²) in [7, 11) is -3.34. The zero-order chi connectivity index (χ0) is 13.9. The SMILES string of the molecule is CCC(Nc1snc(N)c1S(=O)(=O)CC)C(C)C. The topological polar surface area (TPSA) is 85.1 Å². The number of anilines is 2. The molecule has 1 aromatic heterocycles. The maximum atomic E-state index is 12.0. The van der Waals surface area contributed by atoms with Gasteiger partial charge < -0.3 is 11.1 Å². The molecular formula is C11H21N3O2S2. The van der Waals surface area contributed by atoms with Crippen molar-refractivity contribution in [3.63, 3.8) is 0 Å². The molecule has 0 aromatic carbocycles. The highest BCUT2D eigenvalue weighted by atomic mass is 32.2. The molecule has 1 unspecified atom stereocenters. The van der Waals surface area contributed by atoms with Crippen LogP contribution in [0.3, 0.4) is 0 Å². The third-order valence-electron chi connectivity index (χ3n) is 2.93.